The Morgan fingerprint density at radius 2 is 2.04 bits per heavy atom. The summed E-state index contributed by atoms with van der Waals surface area (Å²) < 4.78 is 44.5. The van der Waals surface area contributed by atoms with Crippen LogP contribution >= 0.6 is 11.6 Å². The standard InChI is InChI=1S/C18H14ClF3N4O/c1-27-16-5-13(14(19)7-23-16)10-2-3-12-15(4-10)26(9-18(20,21)22)8-11-6-24-25-17(11)12/h2-7H,8-9H2,1H3,(H,24,25). The summed E-state index contributed by atoms with van der Waals surface area (Å²) in [5.41, 5.74) is 3.90. The smallest absolute Gasteiger partial charge is 0.405 e. The van der Waals surface area contributed by atoms with Crippen LogP contribution in [0.15, 0.2) is 36.7 Å². The predicted octanol–water partition coefficient (Wildman–Crippen LogP) is 4.68. The molecule has 27 heavy (non-hydrogen) atoms. The van der Waals surface area contributed by atoms with E-state index in [4.69, 9.17) is 16.3 Å². The molecule has 0 aliphatic carbocycles. The Morgan fingerprint density at radius 1 is 1.22 bits per heavy atom. The van der Waals surface area contributed by atoms with E-state index in [1.54, 1.807) is 30.5 Å². The SMILES string of the molecule is COc1cc(-c2ccc3c(c2)N(CC(F)(F)F)Cc2cn[nH]c2-3)c(Cl)cn1. The third kappa shape index (κ3) is 3.32. The fourth-order valence-electron chi connectivity index (χ4n) is 3.24. The Bertz CT molecular complexity index is 1000. The first-order valence-corrected chi connectivity index (χ1v) is 8.42. The van der Waals surface area contributed by atoms with Gasteiger partial charge in [0.05, 0.1) is 30.2 Å². The van der Waals surface area contributed by atoms with Crippen molar-refractivity contribution in [2.75, 3.05) is 18.6 Å². The van der Waals surface area contributed by atoms with Crippen LogP contribution in [0.2, 0.25) is 5.02 Å². The van der Waals surface area contributed by atoms with Crippen molar-refractivity contribution in [3.8, 4) is 28.3 Å². The highest BCUT2D eigenvalue weighted by atomic mass is 35.5. The predicted molar refractivity (Wildman–Crippen MR) is 95.9 cm³/mol. The number of halogens is 4. The lowest BCUT2D eigenvalue weighted by atomic mass is 9.96. The number of aromatic amines is 1. The molecule has 5 nitrogen and oxygen atoms in total. The first-order valence-electron chi connectivity index (χ1n) is 8.04. The van der Waals surface area contributed by atoms with Gasteiger partial charge in [-0.15, -0.1) is 0 Å². The molecule has 1 aliphatic heterocycles. The number of methoxy groups -OCH3 is 1. The molecule has 140 valence electrons. The minimum Gasteiger partial charge on any atom is -0.481 e. The summed E-state index contributed by atoms with van der Waals surface area (Å²) in [6, 6.07) is 6.93. The lowest BCUT2D eigenvalue weighted by Crippen LogP contribution is -2.35. The molecule has 0 bridgehead atoms. The maximum atomic E-state index is 13.1. The van der Waals surface area contributed by atoms with Gasteiger partial charge in [0.1, 0.15) is 6.54 Å². The molecule has 0 amide bonds. The number of benzene rings is 1. The zero-order valence-electron chi connectivity index (χ0n) is 14.1. The molecule has 1 N–H and O–H groups in total. The quantitative estimate of drug-likeness (QED) is 0.700. The fourth-order valence-corrected chi connectivity index (χ4v) is 3.45. The number of nitrogens with one attached hydrogen (secondary N) is 1. The van der Waals surface area contributed by atoms with Gasteiger partial charge in [0.15, 0.2) is 0 Å². The zero-order chi connectivity index (χ0) is 19.2. The maximum absolute atomic E-state index is 13.1. The summed E-state index contributed by atoms with van der Waals surface area (Å²) in [6.07, 6.45) is -1.32. The average Bonchev–Trinajstić information content (AvgIpc) is 3.09. The molecule has 4 rings (SSSR count). The summed E-state index contributed by atoms with van der Waals surface area (Å²) in [4.78, 5) is 5.32. The molecule has 0 fully saturated rings. The van der Waals surface area contributed by atoms with Gasteiger partial charge in [-0.3, -0.25) is 5.10 Å². The van der Waals surface area contributed by atoms with Crippen molar-refractivity contribution >= 4 is 17.3 Å². The topological polar surface area (TPSA) is 54.0 Å². The van der Waals surface area contributed by atoms with Gasteiger partial charge in [-0.2, -0.15) is 18.3 Å². The summed E-state index contributed by atoms with van der Waals surface area (Å²) in [7, 11) is 1.48. The molecule has 3 heterocycles. The van der Waals surface area contributed by atoms with Crippen molar-refractivity contribution in [1.82, 2.24) is 15.2 Å². The van der Waals surface area contributed by atoms with E-state index in [0.717, 1.165) is 11.3 Å². The van der Waals surface area contributed by atoms with Crippen molar-refractivity contribution in [3.63, 3.8) is 0 Å². The third-order valence-corrected chi connectivity index (χ3v) is 4.71. The number of ether oxygens (including phenoxy) is 1. The Kier molecular flexibility index (Phi) is 4.22. The second kappa shape index (κ2) is 6.45. The molecule has 0 unspecified atom stereocenters. The molecule has 1 aromatic carbocycles. The van der Waals surface area contributed by atoms with Gasteiger partial charge in [0, 0.05) is 35.0 Å². The molecule has 0 spiro atoms. The minimum absolute atomic E-state index is 0.120. The van der Waals surface area contributed by atoms with Crippen molar-refractivity contribution in [1.29, 1.82) is 0 Å². The lowest BCUT2D eigenvalue weighted by Gasteiger charge is -2.32. The van der Waals surface area contributed by atoms with Crippen molar-refractivity contribution in [2.45, 2.75) is 12.7 Å². The van der Waals surface area contributed by atoms with E-state index in [1.165, 1.54) is 18.2 Å². The van der Waals surface area contributed by atoms with E-state index in [-0.39, 0.29) is 6.54 Å². The van der Waals surface area contributed by atoms with Crippen LogP contribution in [0.3, 0.4) is 0 Å². The number of anilines is 1. The van der Waals surface area contributed by atoms with E-state index in [1.807, 2.05) is 0 Å². The van der Waals surface area contributed by atoms with Gasteiger partial charge >= 0.3 is 6.18 Å². The normalized spacial score (nSPS) is 13.3. The van der Waals surface area contributed by atoms with Crippen LogP contribution in [0.5, 0.6) is 5.88 Å². The van der Waals surface area contributed by atoms with E-state index in [0.29, 0.717) is 33.3 Å². The van der Waals surface area contributed by atoms with Crippen LogP contribution in [-0.2, 0) is 6.54 Å². The van der Waals surface area contributed by atoms with Crippen LogP contribution in [0.25, 0.3) is 22.4 Å². The summed E-state index contributed by atoms with van der Waals surface area (Å²) in [5.74, 6) is 0.370. The number of H-pyrrole nitrogens is 1. The molecule has 1 aliphatic rings. The van der Waals surface area contributed by atoms with E-state index in [2.05, 4.69) is 15.2 Å². The number of nitrogens with zero attached hydrogens (tertiary/aromatic N) is 3. The van der Waals surface area contributed by atoms with Crippen molar-refractivity contribution < 1.29 is 17.9 Å². The van der Waals surface area contributed by atoms with Gasteiger partial charge < -0.3 is 9.64 Å². The molecule has 2 aromatic heterocycles. The molecule has 0 atom stereocenters. The minimum atomic E-state index is -4.33. The highest BCUT2D eigenvalue weighted by Crippen LogP contribution is 2.42. The fraction of sp³-hybridized carbons (Fsp3) is 0.222. The molecule has 0 saturated heterocycles. The number of rotatable bonds is 3. The first kappa shape index (κ1) is 17.7. The van der Waals surface area contributed by atoms with Gasteiger partial charge in [0.2, 0.25) is 5.88 Å². The number of fused-ring (bicyclic) bond motifs is 3. The summed E-state index contributed by atoms with van der Waals surface area (Å²) in [5, 5.41) is 7.23. The van der Waals surface area contributed by atoms with Crippen LogP contribution in [0.4, 0.5) is 18.9 Å². The second-order valence-electron chi connectivity index (χ2n) is 6.18. The number of alkyl halides is 3. The van der Waals surface area contributed by atoms with Crippen LogP contribution in [0, 0.1) is 0 Å². The maximum Gasteiger partial charge on any atom is 0.405 e. The number of aromatic nitrogens is 3. The van der Waals surface area contributed by atoms with Gasteiger partial charge in [-0.1, -0.05) is 23.7 Å². The average molecular weight is 395 g/mol. The molecule has 0 radical (unpaired) electrons. The van der Waals surface area contributed by atoms with Crippen LogP contribution < -0.4 is 9.64 Å². The molecular weight excluding hydrogens is 381 g/mol. The van der Waals surface area contributed by atoms with Crippen molar-refractivity contribution in [2.24, 2.45) is 0 Å². The molecule has 9 heteroatoms. The first-order chi connectivity index (χ1) is 12.9. The van der Waals surface area contributed by atoms with Gasteiger partial charge in [-0.05, 0) is 11.6 Å². The summed E-state index contributed by atoms with van der Waals surface area (Å²) in [6.45, 7) is -0.934. The van der Waals surface area contributed by atoms with Crippen LogP contribution in [0.1, 0.15) is 5.56 Å². The second-order valence-corrected chi connectivity index (χ2v) is 6.59. The Hall–Kier alpha value is -2.74. The van der Waals surface area contributed by atoms with E-state index in [9.17, 15) is 13.2 Å². The Balaban J connectivity index is 1.85. The molecular formula is C18H14ClF3N4O. The monoisotopic (exact) mass is 394 g/mol. The van der Waals surface area contributed by atoms with Crippen LogP contribution in [-0.4, -0.2) is 35.0 Å². The summed E-state index contributed by atoms with van der Waals surface area (Å²) >= 11 is 6.25. The Labute approximate surface area is 157 Å². The highest BCUT2D eigenvalue weighted by molar-refractivity contribution is 6.33. The Morgan fingerprint density at radius 3 is 2.78 bits per heavy atom. The third-order valence-electron chi connectivity index (χ3n) is 4.41. The number of pyridine rings is 1. The lowest BCUT2D eigenvalue weighted by molar-refractivity contribution is -0.119. The molecule has 3 aromatic rings. The van der Waals surface area contributed by atoms with E-state index >= 15 is 0 Å². The van der Waals surface area contributed by atoms with Gasteiger partial charge in [-0.25, -0.2) is 4.98 Å². The van der Waals surface area contributed by atoms with Crippen molar-refractivity contribution in [3.05, 3.63) is 47.2 Å². The number of hydrogen-bond acceptors (Lipinski definition) is 4. The molecule has 0 saturated carbocycles. The zero-order valence-corrected chi connectivity index (χ0v) is 14.9. The van der Waals surface area contributed by atoms with Gasteiger partial charge in [0.25, 0.3) is 0 Å². The largest absolute Gasteiger partial charge is 0.481 e. The van der Waals surface area contributed by atoms with E-state index < -0.39 is 12.7 Å². The number of hydrogen-bond donors (Lipinski definition) is 1. The highest BCUT2D eigenvalue weighted by Gasteiger charge is 2.34.